The normalized spacial score (nSPS) is 12.7. The van der Waals surface area contributed by atoms with Crippen molar-refractivity contribution in [2.24, 2.45) is 4.99 Å². The van der Waals surface area contributed by atoms with Gasteiger partial charge in [-0.25, -0.2) is 9.38 Å². The smallest absolute Gasteiger partial charge is 0.228 e. The first kappa shape index (κ1) is 18.7. The first-order valence-electron chi connectivity index (χ1n) is 8.30. The van der Waals surface area contributed by atoms with Crippen LogP contribution in [0.2, 0.25) is 0 Å². The number of rotatable bonds is 8. The molecule has 1 heterocycles. The van der Waals surface area contributed by atoms with Crippen LogP contribution in [0, 0.1) is 12.7 Å². The van der Waals surface area contributed by atoms with Crippen molar-refractivity contribution in [1.29, 1.82) is 0 Å². The third-order valence-electron chi connectivity index (χ3n) is 3.19. The van der Waals surface area contributed by atoms with Gasteiger partial charge in [0.25, 0.3) is 0 Å². The highest BCUT2D eigenvalue weighted by molar-refractivity contribution is 5.79. The lowest BCUT2D eigenvalue weighted by atomic mass is 10.3. The fraction of sp³-hybridized carbons (Fsp3) is 0.471. The van der Waals surface area contributed by atoms with Crippen molar-refractivity contribution in [1.82, 2.24) is 20.8 Å². The van der Waals surface area contributed by atoms with E-state index in [0.29, 0.717) is 42.9 Å². The molecular formula is C17H24FN5O2. The van der Waals surface area contributed by atoms with Crippen LogP contribution in [0.3, 0.4) is 0 Å². The molecule has 8 heteroatoms. The predicted octanol–water partition coefficient (Wildman–Crippen LogP) is 2.08. The maximum Gasteiger partial charge on any atom is 0.228 e. The Balaban J connectivity index is 1.81. The lowest BCUT2D eigenvalue weighted by Gasteiger charge is -2.15. The lowest BCUT2D eigenvalue weighted by molar-refractivity contribution is 0.229. The Morgan fingerprint density at radius 2 is 2.24 bits per heavy atom. The summed E-state index contributed by atoms with van der Waals surface area (Å²) in [7, 11) is 0. The zero-order chi connectivity index (χ0) is 18.1. The van der Waals surface area contributed by atoms with Crippen LogP contribution in [0.5, 0.6) is 5.75 Å². The molecule has 25 heavy (non-hydrogen) atoms. The standard InChI is InChI=1S/C17H24FN5O2/c1-4-19-17(20-9-8-16-22-13(3)23-25-16)21-11-12(2)24-15-7-5-6-14(18)10-15/h5-7,10,12H,4,8-9,11H2,1-3H3,(H2,19,20,21). The van der Waals surface area contributed by atoms with Crippen LogP contribution in [0.15, 0.2) is 33.8 Å². The number of hydrogen-bond acceptors (Lipinski definition) is 5. The van der Waals surface area contributed by atoms with E-state index >= 15 is 0 Å². The van der Waals surface area contributed by atoms with Gasteiger partial charge >= 0.3 is 0 Å². The summed E-state index contributed by atoms with van der Waals surface area (Å²) in [6.07, 6.45) is 0.427. The fourth-order valence-corrected chi connectivity index (χ4v) is 2.10. The molecule has 0 spiro atoms. The van der Waals surface area contributed by atoms with Crippen LogP contribution >= 0.6 is 0 Å². The number of halogens is 1. The van der Waals surface area contributed by atoms with Gasteiger partial charge in [0.05, 0.1) is 6.54 Å². The molecule has 0 aliphatic heterocycles. The molecule has 1 atom stereocenters. The summed E-state index contributed by atoms with van der Waals surface area (Å²) in [5, 5.41) is 10.1. The molecular weight excluding hydrogens is 325 g/mol. The van der Waals surface area contributed by atoms with Crippen LogP contribution in [0.1, 0.15) is 25.6 Å². The van der Waals surface area contributed by atoms with Gasteiger partial charge in [0.15, 0.2) is 11.8 Å². The number of hydrogen-bond donors (Lipinski definition) is 2. The number of nitrogens with zero attached hydrogens (tertiary/aromatic N) is 3. The van der Waals surface area contributed by atoms with Gasteiger partial charge in [0.1, 0.15) is 17.7 Å². The Labute approximate surface area is 146 Å². The number of guanidine groups is 1. The fourth-order valence-electron chi connectivity index (χ4n) is 2.10. The topological polar surface area (TPSA) is 84.6 Å². The largest absolute Gasteiger partial charge is 0.489 e. The summed E-state index contributed by atoms with van der Waals surface area (Å²) < 4.78 is 23.9. The van der Waals surface area contributed by atoms with Crippen molar-refractivity contribution in [3.8, 4) is 5.75 Å². The SMILES string of the molecule is CCNC(=NCC(C)Oc1cccc(F)c1)NCCc1nc(C)no1. The average Bonchev–Trinajstić information content (AvgIpc) is 2.98. The van der Waals surface area contributed by atoms with Crippen molar-refractivity contribution >= 4 is 5.96 Å². The zero-order valence-corrected chi connectivity index (χ0v) is 14.8. The van der Waals surface area contributed by atoms with E-state index < -0.39 is 0 Å². The molecule has 0 bridgehead atoms. The van der Waals surface area contributed by atoms with Gasteiger partial charge in [-0.15, -0.1) is 0 Å². The number of benzene rings is 1. The van der Waals surface area contributed by atoms with Crippen LogP contribution in [0.4, 0.5) is 4.39 Å². The number of aliphatic imine (C=N–C) groups is 1. The Hall–Kier alpha value is -2.64. The quantitative estimate of drug-likeness (QED) is 0.561. The molecule has 2 rings (SSSR count). The first-order valence-corrected chi connectivity index (χ1v) is 8.30. The van der Waals surface area contributed by atoms with Gasteiger partial charge in [-0.2, -0.15) is 4.98 Å². The Bertz CT molecular complexity index is 689. The summed E-state index contributed by atoms with van der Waals surface area (Å²) >= 11 is 0. The molecule has 1 aromatic carbocycles. The van der Waals surface area contributed by atoms with Crippen molar-refractivity contribution in [3.63, 3.8) is 0 Å². The molecule has 0 saturated carbocycles. The summed E-state index contributed by atoms with van der Waals surface area (Å²) in [5.74, 6) is 2.06. The van der Waals surface area contributed by atoms with E-state index in [-0.39, 0.29) is 11.9 Å². The van der Waals surface area contributed by atoms with Crippen molar-refractivity contribution in [2.45, 2.75) is 33.3 Å². The Kier molecular flexibility index (Phi) is 7.18. The summed E-state index contributed by atoms with van der Waals surface area (Å²) in [6, 6.07) is 6.08. The summed E-state index contributed by atoms with van der Waals surface area (Å²) in [4.78, 5) is 8.63. The van der Waals surface area contributed by atoms with E-state index in [2.05, 4.69) is 25.8 Å². The number of aromatic nitrogens is 2. The highest BCUT2D eigenvalue weighted by atomic mass is 19.1. The second-order valence-corrected chi connectivity index (χ2v) is 5.52. The van der Waals surface area contributed by atoms with Gasteiger partial charge in [-0.1, -0.05) is 11.2 Å². The highest BCUT2D eigenvalue weighted by Crippen LogP contribution is 2.13. The van der Waals surface area contributed by atoms with Gasteiger partial charge < -0.3 is 19.9 Å². The second kappa shape index (κ2) is 9.61. The summed E-state index contributed by atoms with van der Waals surface area (Å²) in [6.45, 7) is 7.46. The molecule has 0 aliphatic rings. The van der Waals surface area contributed by atoms with E-state index in [1.165, 1.54) is 12.1 Å². The Morgan fingerprint density at radius 1 is 1.40 bits per heavy atom. The molecule has 0 fully saturated rings. The maximum absolute atomic E-state index is 13.2. The molecule has 1 unspecified atom stereocenters. The molecule has 0 saturated heterocycles. The van der Waals surface area contributed by atoms with E-state index in [4.69, 9.17) is 9.26 Å². The van der Waals surface area contributed by atoms with Gasteiger partial charge in [0, 0.05) is 25.6 Å². The second-order valence-electron chi connectivity index (χ2n) is 5.52. The van der Waals surface area contributed by atoms with Crippen LogP contribution < -0.4 is 15.4 Å². The van der Waals surface area contributed by atoms with Crippen LogP contribution in [0.25, 0.3) is 0 Å². The molecule has 0 amide bonds. The molecule has 7 nitrogen and oxygen atoms in total. The number of nitrogens with one attached hydrogen (secondary N) is 2. The zero-order valence-electron chi connectivity index (χ0n) is 14.8. The minimum atomic E-state index is -0.320. The van der Waals surface area contributed by atoms with E-state index in [1.54, 1.807) is 19.1 Å². The monoisotopic (exact) mass is 349 g/mol. The predicted molar refractivity (Wildman–Crippen MR) is 93.2 cm³/mol. The molecule has 136 valence electrons. The number of ether oxygens (including phenoxy) is 1. The van der Waals surface area contributed by atoms with Crippen LogP contribution in [-0.4, -0.2) is 41.8 Å². The maximum atomic E-state index is 13.2. The molecule has 2 aromatic rings. The number of aryl methyl sites for hydroxylation is 1. The highest BCUT2D eigenvalue weighted by Gasteiger charge is 2.06. The third kappa shape index (κ3) is 6.78. The molecule has 2 N–H and O–H groups in total. The van der Waals surface area contributed by atoms with Gasteiger partial charge in [-0.05, 0) is 32.9 Å². The first-order chi connectivity index (χ1) is 12.1. The minimum absolute atomic E-state index is 0.184. The third-order valence-corrected chi connectivity index (χ3v) is 3.19. The molecule has 0 aliphatic carbocycles. The minimum Gasteiger partial charge on any atom is -0.489 e. The average molecular weight is 349 g/mol. The van der Waals surface area contributed by atoms with E-state index in [9.17, 15) is 4.39 Å². The van der Waals surface area contributed by atoms with Crippen LogP contribution in [-0.2, 0) is 6.42 Å². The lowest BCUT2D eigenvalue weighted by Crippen LogP contribution is -2.39. The van der Waals surface area contributed by atoms with Crippen molar-refractivity contribution < 1.29 is 13.7 Å². The van der Waals surface area contributed by atoms with E-state index in [1.807, 2.05) is 13.8 Å². The molecule has 0 radical (unpaired) electrons. The Morgan fingerprint density at radius 3 is 2.92 bits per heavy atom. The van der Waals surface area contributed by atoms with Gasteiger partial charge in [-0.3, -0.25) is 0 Å². The van der Waals surface area contributed by atoms with E-state index in [0.717, 1.165) is 6.54 Å². The summed E-state index contributed by atoms with van der Waals surface area (Å²) in [5.41, 5.74) is 0. The molecule has 1 aromatic heterocycles. The van der Waals surface area contributed by atoms with Crippen molar-refractivity contribution in [2.75, 3.05) is 19.6 Å². The van der Waals surface area contributed by atoms with Gasteiger partial charge in [0.2, 0.25) is 5.89 Å². The van der Waals surface area contributed by atoms with Crippen molar-refractivity contribution in [3.05, 3.63) is 41.8 Å².